The molecule has 2 aromatic carbocycles. The number of nitrogens with zero attached hydrogens (tertiary/aromatic N) is 4. The van der Waals surface area contributed by atoms with Crippen molar-refractivity contribution >= 4 is 51.4 Å². The molecule has 60 heavy (non-hydrogen) atoms. The molecule has 2 aliphatic rings. The summed E-state index contributed by atoms with van der Waals surface area (Å²) in [4.78, 5) is 66.9. The van der Waals surface area contributed by atoms with Gasteiger partial charge in [0.2, 0.25) is 23.5 Å². The Kier molecular flexibility index (Phi) is 14.5. The number of likely N-dealkylation sites (tertiary alicyclic amines) is 1. The molecule has 0 spiro atoms. The van der Waals surface area contributed by atoms with E-state index in [1.165, 1.54) is 22.3 Å². The Bertz CT molecular complexity index is 2150. The third-order valence-corrected chi connectivity index (χ3v) is 12.3. The zero-order chi connectivity index (χ0) is 43.1. The van der Waals surface area contributed by atoms with Crippen LogP contribution in [0.1, 0.15) is 64.3 Å². The number of β-amino-alcohol motifs (C(OH)–C–C–N with tert-alkyl or cyclic N) is 1. The number of anilines is 1. The van der Waals surface area contributed by atoms with Crippen LogP contribution in [0.2, 0.25) is 0 Å². The number of nitrogens with one attached hydrogen (secondary N) is 3. The molecule has 322 valence electrons. The van der Waals surface area contributed by atoms with E-state index in [9.17, 15) is 33.1 Å². The summed E-state index contributed by atoms with van der Waals surface area (Å²) in [5.74, 6) is -4.78. The predicted octanol–water partition coefficient (Wildman–Crippen LogP) is 5.00. The van der Waals surface area contributed by atoms with Gasteiger partial charge in [-0.2, -0.15) is 4.39 Å². The second-order valence-electron chi connectivity index (χ2n) is 16.0. The number of amides is 4. The molecule has 4 atom stereocenters. The van der Waals surface area contributed by atoms with E-state index in [-0.39, 0.29) is 44.0 Å². The number of aliphatic hydroxyl groups is 1. The normalized spacial score (nSPS) is 17.9. The van der Waals surface area contributed by atoms with Gasteiger partial charge in [0.1, 0.15) is 12.1 Å². The van der Waals surface area contributed by atoms with Crippen LogP contribution in [0.4, 0.5) is 13.9 Å². The number of carbonyl (C=O) groups is 4. The highest BCUT2D eigenvalue weighted by atomic mass is 32.1. The van der Waals surface area contributed by atoms with E-state index in [0.717, 1.165) is 27.8 Å². The first-order valence-electron chi connectivity index (χ1n) is 19.9. The smallest absolute Gasteiger partial charge is 0.257 e. The molecule has 14 nitrogen and oxygen atoms in total. The van der Waals surface area contributed by atoms with Crippen molar-refractivity contribution in [3.05, 3.63) is 70.2 Å². The van der Waals surface area contributed by atoms with Crippen molar-refractivity contribution in [1.82, 2.24) is 30.8 Å². The van der Waals surface area contributed by atoms with Crippen molar-refractivity contribution in [2.24, 2.45) is 5.41 Å². The van der Waals surface area contributed by atoms with Gasteiger partial charge in [-0.3, -0.25) is 19.2 Å². The quantitative estimate of drug-likeness (QED) is 0.119. The lowest BCUT2D eigenvalue weighted by atomic mass is 9.85. The summed E-state index contributed by atoms with van der Waals surface area (Å²) >= 11 is 2.91. The van der Waals surface area contributed by atoms with E-state index in [1.807, 2.05) is 43.0 Å². The van der Waals surface area contributed by atoms with E-state index in [4.69, 9.17) is 9.47 Å². The van der Waals surface area contributed by atoms with Crippen molar-refractivity contribution in [1.29, 1.82) is 0 Å². The topological polar surface area (TPSA) is 175 Å². The molecule has 4 heterocycles. The maximum Gasteiger partial charge on any atom is 0.257 e. The molecular weight excluding hydrogens is 817 g/mol. The Morgan fingerprint density at radius 2 is 1.77 bits per heavy atom. The van der Waals surface area contributed by atoms with Crippen LogP contribution in [-0.2, 0) is 23.9 Å². The van der Waals surface area contributed by atoms with Gasteiger partial charge in [-0.25, -0.2) is 14.4 Å². The largest absolute Gasteiger partial charge is 0.480 e. The van der Waals surface area contributed by atoms with Crippen LogP contribution >= 0.6 is 22.7 Å². The number of aromatic nitrogens is 2. The second-order valence-corrected chi connectivity index (χ2v) is 17.7. The fourth-order valence-electron chi connectivity index (χ4n) is 7.08. The number of ether oxygens (including phenoxy) is 2. The number of hydrogen-bond acceptors (Lipinski definition) is 12. The fourth-order valence-corrected chi connectivity index (χ4v) is 8.77. The Morgan fingerprint density at radius 1 is 1.03 bits per heavy atom. The molecule has 2 aromatic heterocycles. The van der Waals surface area contributed by atoms with E-state index in [2.05, 4.69) is 25.9 Å². The third kappa shape index (κ3) is 10.8. The van der Waals surface area contributed by atoms with Crippen LogP contribution in [0.15, 0.2) is 47.3 Å². The lowest BCUT2D eigenvalue weighted by Gasteiger charge is -2.35. The van der Waals surface area contributed by atoms with E-state index < -0.39 is 71.2 Å². The van der Waals surface area contributed by atoms with Gasteiger partial charge in [0.25, 0.3) is 5.91 Å². The zero-order valence-electron chi connectivity index (χ0n) is 34.3. The molecule has 4 N–H and O–H groups in total. The van der Waals surface area contributed by atoms with Gasteiger partial charge in [-0.05, 0) is 48.9 Å². The molecule has 2 aliphatic heterocycles. The Morgan fingerprint density at radius 3 is 2.45 bits per heavy atom. The van der Waals surface area contributed by atoms with Crippen LogP contribution in [0.25, 0.3) is 21.7 Å². The van der Waals surface area contributed by atoms with Crippen LogP contribution in [0.3, 0.4) is 0 Å². The van der Waals surface area contributed by atoms with Gasteiger partial charge in [-0.1, -0.05) is 45.0 Å². The number of aliphatic hydroxyl groups excluding tert-OH is 1. The minimum atomic E-state index is -1.24. The minimum absolute atomic E-state index is 0.0512. The van der Waals surface area contributed by atoms with Crippen molar-refractivity contribution in [3.8, 4) is 27.4 Å². The van der Waals surface area contributed by atoms with Gasteiger partial charge >= 0.3 is 0 Å². The Balaban J connectivity index is 0.988. The molecule has 1 unspecified atom stereocenters. The third-order valence-electron chi connectivity index (χ3n) is 10.4. The maximum absolute atomic E-state index is 15.0. The molecule has 18 heteroatoms. The highest BCUT2D eigenvalue weighted by molar-refractivity contribution is 7.14. The number of carbonyl (C=O) groups excluding carboxylic acids is 4. The first-order chi connectivity index (χ1) is 28.6. The fraction of sp³-hybridized carbons (Fsp3) is 0.476. The SMILES string of the molecule is Cc1ncsc1-c1ccc([C@H](C)NC(=O)[C@@H]2C[C@@H](O)CN2C(=O)C(NC(=O)CCCNC(=O)COc2c(-c3csc(N4CCOCC4)n3)ccc(F)c2F)C(C)(C)C)cc1. The average molecular weight is 868 g/mol. The molecule has 4 aromatic rings. The average Bonchev–Trinajstić information content (AvgIpc) is 3.99. The van der Waals surface area contributed by atoms with Crippen LogP contribution in [0, 0.1) is 24.0 Å². The lowest BCUT2D eigenvalue weighted by molar-refractivity contribution is -0.144. The molecular formula is C42H51F2N7O7S2. The summed E-state index contributed by atoms with van der Waals surface area (Å²) in [5, 5.41) is 21.4. The summed E-state index contributed by atoms with van der Waals surface area (Å²) < 4.78 is 40.1. The van der Waals surface area contributed by atoms with Crippen molar-refractivity contribution in [3.63, 3.8) is 0 Å². The number of halogens is 2. The van der Waals surface area contributed by atoms with Gasteiger partial charge in [0.15, 0.2) is 23.3 Å². The van der Waals surface area contributed by atoms with Gasteiger partial charge in [-0.15, -0.1) is 22.7 Å². The number of thiazole rings is 2. The Hall–Kier alpha value is -5.04. The van der Waals surface area contributed by atoms with Gasteiger partial charge < -0.3 is 40.3 Å². The summed E-state index contributed by atoms with van der Waals surface area (Å²) in [6.07, 6.45) is -0.725. The molecule has 0 saturated carbocycles. The number of rotatable bonds is 15. The number of aryl methyl sites for hydroxylation is 1. The summed E-state index contributed by atoms with van der Waals surface area (Å²) in [6, 6.07) is 7.81. The van der Waals surface area contributed by atoms with Crippen molar-refractivity contribution in [2.75, 3.05) is 50.9 Å². The van der Waals surface area contributed by atoms with Crippen molar-refractivity contribution < 1.29 is 42.5 Å². The van der Waals surface area contributed by atoms with E-state index in [1.54, 1.807) is 43.0 Å². The molecule has 6 rings (SSSR count). The number of hydrogen-bond donors (Lipinski definition) is 4. The summed E-state index contributed by atoms with van der Waals surface area (Å²) in [7, 11) is 0. The minimum Gasteiger partial charge on any atom is -0.480 e. The van der Waals surface area contributed by atoms with Crippen LogP contribution < -0.4 is 25.6 Å². The van der Waals surface area contributed by atoms with E-state index in [0.29, 0.717) is 37.1 Å². The first-order valence-corrected chi connectivity index (χ1v) is 21.6. The first kappa shape index (κ1) is 44.5. The Labute approximate surface area is 355 Å². The highest BCUT2D eigenvalue weighted by Gasteiger charge is 2.44. The number of morpholine rings is 1. The molecule has 0 aliphatic carbocycles. The monoisotopic (exact) mass is 867 g/mol. The molecule has 0 radical (unpaired) electrons. The lowest BCUT2D eigenvalue weighted by Crippen LogP contribution is -2.57. The molecule has 0 bridgehead atoms. The number of benzene rings is 2. The highest BCUT2D eigenvalue weighted by Crippen LogP contribution is 2.37. The summed E-state index contributed by atoms with van der Waals surface area (Å²) in [6.45, 7) is 11.0. The van der Waals surface area contributed by atoms with Crippen LogP contribution in [-0.4, -0.2) is 108 Å². The zero-order valence-corrected chi connectivity index (χ0v) is 35.9. The van der Waals surface area contributed by atoms with Gasteiger partial charge in [0, 0.05) is 50.0 Å². The maximum atomic E-state index is 15.0. The van der Waals surface area contributed by atoms with Crippen LogP contribution in [0.5, 0.6) is 5.75 Å². The molecule has 2 fully saturated rings. The standard InChI is InChI=1S/C42H51F2N7O7S2/c1-24(26-8-10-27(11-9-26)37-25(2)46-23-60-37)47-39(55)32-19-28(52)20-51(32)40(56)38(42(3,4)5)49-33(53)7-6-14-45-34(54)21-58-36-29(12-13-30(43)35(36)44)31-22-59-41(48-31)50-15-17-57-18-16-50/h8-13,22-24,28,32,38,52H,6-7,14-21H2,1-5H3,(H,45,54)(H,47,55)(H,49,53)/t24-,28+,32-,38?/m0/s1. The molecule has 4 amide bonds. The van der Waals surface area contributed by atoms with Crippen molar-refractivity contribution in [2.45, 2.75) is 78.1 Å². The van der Waals surface area contributed by atoms with E-state index >= 15 is 0 Å². The van der Waals surface area contributed by atoms with Gasteiger partial charge in [0.05, 0.1) is 47.1 Å². The summed E-state index contributed by atoms with van der Waals surface area (Å²) in [5.41, 5.74) is 4.46. The molecule has 2 saturated heterocycles. The second kappa shape index (κ2) is 19.6. The predicted molar refractivity (Wildman–Crippen MR) is 225 cm³/mol.